The van der Waals surface area contributed by atoms with E-state index >= 15 is 0 Å². The molecule has 0 spiro atoms. The molecule has 0 aliphatic heterocycles. The van der Waals surface area contributed by atoms with E-state index in [1.165, 1.54) is 37.7 Å². The summed E-state index contributed by atoms with van der Waals surface area (Å²) in [6.07, 6.45) is -3.91. The standard InChI is InChI=1S/C19H22F3N3O3/c1-6-11(2)16(28-14-9-7-8-13(10-14)19(20,21)22)23-15-12(3)17(26)25(5)18(27)24(15)4/h7-11H,6H2,1-5H3. The van der Waals surface area contributed by atoms with Gasteiger partial charge in [-0.1, -0.05) is 19.9 Å². The third-order valence-corrected chi connectivity index (χ3v) is 4.49. The van der Waals surface area contributed by atoms with E-state index in [4.69, 9.17) is 4.74 Å². The highest BCUT2D eigenvalue weighted by Gasteiger charge is 2.31. The summed E-state index contributed by atoms with van der Waals surface area (Å²) in [4.78, 5) is 28.7. The molecule has 0 bridgehead atoms. The zero-order chi connectivity index (χ0) is 21.2. The third kappa shape index (κ3) is 4.35. The summed E-state index contributed by atoms with van der Waals surface area (Å²) in [5.41, 5.74) is -1.66. The van der Waals surface area contributed by atoms with E-state index in [-0.39, 0.29) is 28.9 Å². The molecule has 1 aromatic carbocycles. The Balaban J connectivity index is 2.59. The van der Waals surface area contributed by atoms with Gasteiger partial charge in [0.05, 0.1) is 11.1 Å². The Morgan fingerprint density at radius 1 is 1.21 bits per heavy atom. The molecular weight excluding hydrogens is 375 g/mol. The second-order valence-electron chi connectivity index (χ2n) is 6.54. The van der Waals surface area contributed by atoms with Gasteiger partial charge in [0.15, 0.2) is 5.90 Å². The van der Waals surface area contributed by atoms with Crippen LogP contribution in [0.5, 0.6) is 5.75 Å². The Kier molecular flexibility index (Phi) is 6.16. The molecule has 2 aromatic rings. The van der Waals surface area contributed by atoms with E-state index in [1.807, 2.05) is 6.92 Å². The van der Waals surface area contributed by atoms with Crippen molar-refractivity contribution in [3.05, 3.63) is 56.2 Å². The predicted molar refractivity (Wildman–Crippen MR) is 100 cm³/mol. The number of aromatic nitrogens is 2. The minimum Gasteiger partial charge on any atom is -0.443 e. The Labute approximate surface area is 159 Å². The van der Waals surface area contributed by atoms with Gasteiger partial charge in [-0.3, -0.25) is 13.9 Å². The number of nitrogens with zero attached hydrogens (tertiary/aromatic N) is 3. The molecule has 0 saturated carbocycles. The van der Waals surface area contributed by atoms with Crippen LogP contribution in [0.25, 0.3) is 0 Å². The van der Waals surface area contributed by atoms with Crippen LogP contribution in [-0.4, -0.2) is 15.0 Å². The second-order valence-corrected chi connectivity index (χ2v) is 6.54. The van der Waals surface area contributed by atoms with Crippen molar-refractivity contribution in [2.45, 2.75) is 33.4 Å². The fraction of sp³-hybridized carbons (Fsp3) is 0.421. The Hall–Kier alpha value is -2.84. The quantitative estimate of drug-likeness (QED) is 0.585. The molecule has 152 valence electrons. The smallest absolute Gasteiger partial charge is 0.416 e. The first-order valence-corrected chi connectivity index (χ1v) is 8.67. The third-order valence-electron chi connectivity index (χ3n) is 4.49. The first-order valence-electron chi connectivity index (χ1n) is 8.67. The molecule has 0 fully saturated rings. The highest BCUT2D eigenvalue weighted by molar-refractivity contribution is 5.83. The van der Waals surface area contributed by atoms with Gasteiger partial charge in [-0.15, -0.1) is 0 Å². The Morgan fingerprint density at radius 2 is 1.86 bits per heavy atom. The Morgan fingerprint density at radius 3 is 2.43 bits per heavy atom. The zero-order valence-corrected chi connectivity index (χ0v) is 16.3. The number of alkyl halides is 3. The molecule has 0 aliphatic carbocycles. The highest BCUT2D eigenvalue weighted by Crippen LogP contribution is 2.31. The fourth-order valence-corrected chi connectivity index (χ4v) is 2.53. The van der Waals surface area contributed by atoms with Crippen LogP contribution in [0.3, 0.4) is 0 Å². The Bertz CT molecular complexity index is 983. The lowest BCUT2D eigenvalue weighted by Crippen LogP contribution is -2.38. The van der Waals surface area contributed by atoms with Crippen LogP contribution in [0.4, 0.5) is 19.0 Å². The number of hydrogen-bond donors (Lipinski definition) is 0. The molecule has 1 aromatic heterocycles. The van der Waals surface area contributed by atoms with Crippen molar-refractivity contribution in [3.8, 4) is 5.75 Å². The van der Waals surface area contributed by atoms with Gasteiger partial charge < -0.3 is 4.74 Å². The maximum Gasteiger partial charge on any atom is 0.416 e. The van der Waals surface area contributed by atoms with Crippen LogP contribution in [0.15, 0.2) is 38.8 Å². The molecule has 2 rings (SSSR count). The molecule has 9 heteroatoms. The first-order chi connectivity index (χ1) is 13.0. The molecule has 1 atom stereocenters. The van der Waals surface area contributed by atoms with Crippen molar-refractivity contribution in [1.29, 1.82) is 0 Å². The molecule has 0 saturated heterocycles. The van der Waals surface area contributed by atoms with Gasteiger partial charge in [-0.2, -0.15) is 18.2 Å². The second kappa shape index (κ2) is 8.04. The summed E-state index contributed by atoms with van der Waals surface area (Å²) < 4.78 is 46.7. The number of hydrogen-bond acceptors (Lipinski definition) is 4. The molecule has 1 unspecified atom stereocenters. The molecule has 0 amide bonds. The van der Waals surface area contributed by atoms with Crippen molar-refractivity contribution >= 4 is 11.7 Å². The average molecular weight is 397 g/mol. The van der Waals surface area contributed by atoms with Crippen LogP contribution in [0, 0.1) is 12.8 Å². The van der Waals surface area contributed by atoms with Gasteiger partial charge in [-0.05, 0) is 31.5 Å². The van der Waals surface area contributed by atoms with Gasteiger partial charge in [0, 0.05) is 20.0 Å². The summed E-state index contributed by atoms with van der Waals surface area (Å²) in [5, 5.41) is 0. The van der Waals surface area contributed by atoms with Crippen LogP contribution in [-0.2, 0) is 20.3 Å². The molecule has 0 radical (unpaired) electrons. The van der Waals surface area contributed by atoms with Crippen molar-refractivity contribution in [2.75, 3.05) is 0 Å². The zero-order valence-electron chi connectivity index (χ0n) is 16.3. The van der Waals surface area contributed by atoms with E-state index < -0.39 is 23.0 Å². The SMILES string of the molecule is CCC(C)C(=Nc1c(C)c(=O)n(C)c(=O)n1C)Oc1cccc(C(F)(F)F)c1. The van der Waals surface area contributed by atoms with Crippen LogP contribution < -0.4 is 16.0 Å². The lowest BCUT2D eigenvalue weighted by Gasteiger charge is -2.17. The number of aliphatic imine (C=N–C) groups is 1. The average Bonchev–Trinajstić information content (AvgIpc) is 2.66. The maximum atomic E-state index is 12.9. The van der Waals surface area contributed by atoms with Gasteiger partial charge in [0.2, 0.25) is 0 Å². The van der Waals surface area contributed by atoms with Crippen molar-refractivity contribution in [3.63, 3.8) is 0 Å². The number of ether oxygens (including phenoxy) is 1. The summed E-state index contributed by atoms with van der Waals surface area (Å²) >= 11 is 0. The van der Waals surface area contributed by atoms with E-state index in [0.717, 1.165) is 16.7 Å². The summed E-state index contributed by atoms with van der Waals surface area (Å²) in [7, 11) is 2.83. The molecule has 1 heterocycles. The lowest BCUT2D eigenvalue weighted by atomic mass is 10.1. The van der Waals surface area contributed by atoms with Gasteiger partial charge in [-0.25, -0.2) is 4.79 Å². The highest BCUT2D eigenvalue weighted by atomic mass is 19.4. The van der Waals surface area contributed by atoms with Crippen LogP contribution in [0.2, 0.25) is 0 Å². The van der Waals surface area contributed by atoms with E-state index in [2.05, 4.69) is 4.99 Å². The number of rotatable bonds is 4. The van der Waals surface area contributed by atoms with Crippen LogP contribution >= 0.6 is 0 Å². The fourth-order valence-electron chi connectivity index (χ4n) is 2.53. The normalized spacial score (nSPS) is 13.5. The van der Waals surface area contributed by atoms with Gasteiger partial charge in [0.1, 0.15) is 11.6 Å². The predicted octanol–water partition coefficient (Wildman–Crippen LogP) is 3.57. The monoisotopic (exact) mass is 397 g/mol. The summed E-state index contributed by atoms with van der Waals surface area (Å²) in [6.45, 7) is 5.19. The molecule has 6 nitrogen and oxygen atoms in total. The molecule has 0 N–H and O–H groups in total. The molecule has 0 aliphatic rings. The van der Waals surface area contributed by atoms with Gasteiger partial charge >= 0.3 is 11.9 Å². The topological polar surface area (TPSA) is 65.6 Å². The lowest BCUT2D eigenvalue weighted by molar-refractivity contribution is -0.137. The maximum absolute atomic E-state index is 12.9. The largest absolute Gasteiger partial charge is 0.443 e. The van der Waals surface area contributed by atoms with Crippen molar-refractivity contribution < 1.29 is 17.9 Å². The summed E-state index contributed by atoms with van der Waals surface area (Å²) in [5.74, 6) is -0.0583. The van der Waals surface area contributed by atoms with Crippen molar-refractivity contribution in [1.82, 2.24) is 9.13 Å². The minimum atomic E-state index is -4.50. The number of benzene rings is 1. The molecular formula is C19H22F3N3O3. The van der Waals surface area contributed by atoms with Crippen LogP contribution in [0.1, 0.15) is 31.4 Å². The minimum absolute atomic E-state index is 0.0274. The van der Waals surface area contributed by atoms with E-state index in [0.29, 0.717) is 6.42 Å². The van der Waals surface area contributed by atoms with Gasteiger partial charge in [0.25, 0.3) is 5.56 Å². The van der Waals surface area contributed by atoms with E-state index in [9.17, 15) is 22.8 Å². The van der Waals surface area contributed by atoms with E-state index in [1.54, 1.807) is 6.92 Å². The number of halogens is 3. The molecule has 28 heavy (non-hydrogen) atoms. The van der Waals surface area contributed by atoms with Crippen molar-refractivity contribution in [2.24, 2.45) is 25.0 Å². The summed E-state index contributed by atoms with van der Waals surface area (Å²) in [6, 6.07) is 4.46. The first kappa shape index (κ1) is 21.5.